The lowest BCUT2D eigenvalue weighted by Crippen LogP contribution is -2.57. The second kappa shape index (κ2) is 10.3. The monoisotopic (exact) mass is 502 g/mol. The summed E-state index contributed by atoms with van der Waals surface area (Å²) in [6.45, 7) is 0. The Morgan fingerprint density at radius 3 is 0.889 bits per heavy atom. The first-order valence-corrected chi connectivity index (χ1v) is 15.5. The fourth-order valence-corrected chi connectivity index (χ4v) is 9.70. The van der Waals surface area contributed by atoms with E-state index in [0.717, 1.165) is 77.0 Å². The molecule has 0 aromatic carbocycles. The SMILES string of the molecule is OC1C2CCCC1C1CCC(NC3CCC(N3)C3CCCC(C4CCC(NC5CCC2N5)N4)C3O)N1. The average molecular weight is 503 g/mol. The first kappa shape index (κ1) is 24.7. The normalized spacial score (nSPS) is 55.5. The smallest absolute Gasteiger partial charge is 0.0626 e. The highest BCUT2D eigenvalue weighted by atomic mass is 16.3. The van der Waals surface area contributed by atoms with Gasteiger partial charge in [-0.3, -0.25) is 31.9 Å². The highest BCUT2D eigenvalue weighted by Crippen LogP contribution is 2.40. The zero-order chi connectivity index (χ0) is 24.2. The van der Waals surface area contributed by atoms with Crippen LogP contribution in [0.3, 0.4) is 0 Å². The third-order valence-electron chi connectivity index (χ3n) is 11.5. The van der Waals surface area contributed by atoms with Crippen molar-refractivity contribution in [3.8, 4) is 0 Å². The molecule has 8 heteroatoms. The van der Waals surface area contributed by atoms with Crippen molar-refractivity contribution in [3.63, 3.8) is 0 Å². The van der Waals surface area contributed by atoms with Crippen LogP contribution in [0.4, 0.5) is 0 Å². The largest absolute Gasteiger partial charge is 0.392 e. The quantitative estimate of drug-likeness (QED) is 0.248. The van der Waals surface area contributed by atoms with Gasteiger partial charge in [0.1, 0.15) is 0 Å². The number of fused-ring (bicyclic) bond motifs is 16. The van der Waals surface area contributed by atoms with E-state index in [1.165, 1.54) is 12.8 Å². The summed E-state index contributed by atoms with van der Waals surface area (Å²) in [7, 11) is 0. The summed E-state index contributed by atoms with van der Waals surface area (Å²) in [4.78, 5) is 0. The molecule has 0 radical (unpaired) electrons. The van der Waals surface area contributed by atoms with Gasteiger partial charge in [-0.1, -0.05) is 12.8 Å². The molecular formula is C28H50N6O2. The van der Waals surface area contributed by atoms with E-state index in [4.69, 9.17) is 0 Å². The lowest BCUT2D eigenvalue weighted by atomic mass is 9.72. The molecule has 12 unspecified atom stereocenters. The van der Waals surface area contributed by atoms with Gasteiger partial charge in [-0.15, -0.1) is 0 Å². The Labute approximate surface area is 216 Å². The lowest BCUT2D eigenvalue weighted by molar-refractivity contribution is -0.0123. The summed E-state index contributed by atoms with van der Waals surface area (Å²) in [6, 6.07) is 1.66. The Bertz CT molecular complexity index is 654. The van der Waals surface area contributed by atoms with E-state index in [1.54, 1.807) is 0 Å². The first-order valence-electron chi connectivity index (χ1n) is 15.5. The van der Waals surface area contributed by atoms with Gasteiger partial charge >= 0.3 is 0 Å². The van der Waals surface area contributed by atoms with E-state index >= 15 is 0 Å². The van der Waals surface area contributed by atoms with Crippen LogP contribution >= 0.6 is 0 Å². The third-order valence-corrected chi connectivity index (χ3v) is 11.5. The number of rotatable bonds is 0. The summed E-state index contributed by atoms with van der Waals surface area (Å²) < 4.78 is 0. The molecule has 5 aliphatic heterocycles. The third kappa shape index (κ3) is 4.68. The predicted octanol–water partition coefficient (Wildman–Crippen LogP) is 1.05. The summed E-state index contributed by atoms with van der Waals surface area (Å²) >= 11 is 0. The lowest BCUT2D eigenvalue weighted by Gasteiger charge is -2.41. The highest BCUT2D eigenvalue weighted by molar-refractivity contribution is 5.02. The van der Waals surface area contributed by atoms with Crippen molar-refractivity contribution in [2.24, 2.45) is 23.7 Å². The van der Waals surface area contributed by atoms with Gasteiger partial charge in [-0.05, 0) is 77.0 Å². The van der Waals surface area contributed by atoms with Crippen LogP contribution in [0.1, 0.15) is 89.9 Å². The predicted molar refractivity (Wildman–Crippen MR) is 140 cm³/mol. The molecule has 0 spiro atoms. The van der Waals surface area contributed by atoms with Gasteiger partial charge in [-0.25, -0.2) is 0 Å². The van der Waals surface area contributed by atoms with Gasteiger partial charge in [0.2, 0.25) is 0 Å². The number of aliphatic hydroxyl groups excluding tert-OH is 2. The van der Waals surface area contributed by atoms with Crippen LogP contribution < -0.4 is 31.9 Å². The Kier molecular flexibility index (Phi) is 7.10. The van der Waals surface area contributed by atoms with Crippen LogP contribution in [-0.4, -0.2) is 71.3 Å². The number of nitrogens with one attached hydrogen (secondary N) is 6. The Morgan fingerprint density at radius 1 is 0.333 bits per heavy atom. The Morgan fingerprint density at radius 2 is 0.611 bits per heavy atom. The molecular weight excluding hydrogens is 452 g/mol. The molecule has 7 aliphatic rings. The van der Waals surface area contributed by atoms with Crippen molar-refractivity contribution in [2.75, 3.05) is 0 Å². The fraction of sp³-hybridized carbons (Fsp3) is 1.00. The highest BCUT2D eigenvalue weighted by Gasteiger charge is 2.47. The number of aliphatic hydroxyl groups is 2. The molecule has 12 bridgehead atoms. The van der Waals surface area contributed by atoms with Gasteiger partial charge in [0, 0.05) is 47.8 Å². The summed E-state index contributed by atoms with van der Waals surface area (Å²) in [5.74, 6) is 1.47. The van der Waals surface area contributed by atoms with Gasteiger partial charge in [-0.2, -0.15) is 0 Å². The molecule has 36 heavy (non-hydrogen) atoms. The maximum Gasteiger partial charge on any atom is 0.0626 e. The van der Waals surface area contributed by atoms with Gasteiger partial charge in [0.15, 0.2) is 0 Å². The minimum absolute atomic E-state index is 0.208. The number of hydrogen-bond acceptors (Lipinski definition) is 8. The second-order valence-electron chi connectivity index (χ2n) is 13.4. The zero-order valence-corrected chi connectivity index (χ0v) is 21.9. The molecule has 204 valence electrons. The minimum atomic E-state index is -0.208. The van der Waals surface area contributed by atoms with Crippen LogP contribution in [0.25, 0.3) is 0 Å². The fourth-order valence-electron chi connectivity index (χ4n) is 9.70. The molecule has 7 rings (SSSR count). The van der Waals surface area contributed by atoms with E-state index in [1.807, 2.05) is 0 Å². The molecule has 0 amide bonds. The summed E-state index contributed by atoms with van der Waals surface area (Å²) in [6.07, 6.45) is 17.1. The summed E-state index contributed by atoms with van der Waals surface area (Å²) in [5.41, 5.74) is 0. The minimum Gasteiger partial charge on any atom is -0.392 e. The Balaban J connectivity index is 1.10. The number of hydrogen-bond donors (Lipinski definition) is 8. The van der Waals surface area contributed by atoms with Crippen LogP contribution in [0.5, 0.6) is 0 Å². The Hall–Kier alpha value is -0.320. The van der Waals surface area contributed by atoms with E-state index in [2.05, 4.69) is 31.9 Å². The molecule has 7 fully saturated rings. The van der Waals surface area contributed by atoms with Crippen molar-refractivity contribution in [2.45, 2.75) is 151 Å². The van der Waals surface area contributed by atoms with Crippen molar-refractivity contribution in [1.29, 1.82) is 0 Å². The van der Waals surface area contributed by atoms with Crippen LogP contribution in [0.2, 0.25) is 0 Å². The van der Waals surface area contributed by atoms with Crippen molar-refractivity contribution >= 4 is 0 Å². The summed E-state index contributed by atoms with van der Waals surface area (Å²) in [5, 5.41) is 46.4. The first-order chi connectivity index (χ1) is 17.6. The van der Waals surface area contributed by atoms with Crippen LogP contribution in [-0.2, 0) is 0 Å². The van der Waals surface area contributed by atoms with Crippen LogP contribution in [0, 0.1) is 23.7 Å². The van der Waals surface area contributed by atoms with Gasteiger partial charge in [0.05, 0.1) is 36.9 Å². The van der Waals surface area contributed by atoms with Crippen molar-refractivity contribution in [1.82, 2.24) is 31.9 Å². The molecule has 0 aromatic rings. The van der Waals surface area contributed by atoms with Crippen LogP contribution in [0.15, 0.2) is 0 Å². The standard InChI is InChI=1S/C28H50N6O2/c35-27-15-3-1-4-16(27)20-8-12-24(30-20)34-26-14-10-22(32-26)18-6-2-5-17(28(18)36)21-9-13-25(31-21)33-23-11-7-19(15)29-23/h15-36H,1-14H2. The average Bonchev–Trinajstić information content (AvgIpc) is 3.68. The molecule has 8 N–H and O–H groups in total. The molecule has 2 saturated carbocycles. The maximum atomic E-state index is 11.5. The molecule has 0 aromatic heterocycles. The van der Waals surface area contributed by atoms with Gasteiger partial charge in [0.25, 0.3) is 0 Å². The van der Waals surface area contributed by atoms with E-state index in [0.29, 0.717) is 72.5 Å². The molecule has 2 aliphatic carbocycles. The van der Waals surface area contributed by atoms with E-state index in [-0.39, 0.29) is 12.2 Å². The van der Waals surface area contributed by atoms with E-state index < -0.39 is 0 Å². The van der Waals surface area contributed by atoms with E-state index in [9.17, 15) is 10.2 Å². The second-order valence-corrected chi connectivity index (χ2v) is 13.4. The molecule has 5 saturated heterocycles. The van der Waals surface area contributed by atoms with Crippen molar-refractivity contribution < 1.29 is 10.2 Å². The maximum absolute atomic E-state index is 11.5. The molecule has 5 heterocycles. The van der Waals surface area contributed by atoms with Crippen molar-refractivity contribution in [3.05, 3.63) is 0 Å². The molecule has 8 nitrogen and oxygen atoms in total. The van der Waals surface area contributed by atoms with Gasteiger partial charge < -0.3 is 10.2 Å². The molecule has 12 atom stereocenters. The topological polar surface area (TPSA) is 113 Å². The zero-order valence-electron chi connectivity index (χ0n) is 21.9.